The van der Waals surface area contributed by atoms with Crippen molar-refractivity contribution in [2.45, 2.75) is 47.6 Å². The lowest BCUT2D eigenvalue weighted by Gasteiger charge is -2.29. The van der Waals surface area contributed by atoms with E-state index in [9.17, 15) is 14.4 Å². The van der Waals surface area contributed by atoms with E-state index in [-0.39, 0.29) is 17.4 Å². The first-order valence-corrected chi connectivity index (χ1v) is 15.8. The van der Waals surface area contributed by atoms with Crippen LogP contribution in [0.25, 0.3) is 11.8 Å². The molecule has 10 heteroatoms. The number of likely N-dealkylation sites (N-methyl/N-ethyl adjacent to an activating group) is 1. The lowest BCUT2D eigenvalue weighted by atomic mass is 9.94. The van der Waals surface area contributed by atoms with Crippen LogP contribution in [0, 0.1) is 13.8 Å². The lowest BCUT2D eigenvalue weighted by Crippen LogP contribution is -2.43. The van der Waals surface area contributed by atoms with Crippen LogP contribution in [0.5, 0.6) is 0 Å². The largest absolute Gasteiger partial charge is 0.462 e. The summed E-state index contributed by atoms with van der Waals surface area (Å²) in [6.07, 6.45) is 1.89. The number of aryl methyl sites for hydroxylation is 1. The van der Waals surface area contributed by atoms with Crippen LogP contribution in [-0.2, 0) is 9.53 Å². The molecule has 1 aliphatic rings. The van der Waals surface area contributed by atoms with Gasteiger partial charge in [0.2, 0.25) is 0 Å². The van der Waals surface area contributed by atoms with Crippen LogP contribution in [0.15, 0.2) is 75.7 Å². The van der Waals surface area contributed by atoms with E-state index in [1.54, 1.807) is 40.7 Å². The summed E-state index contributed by atoms with van der Waals surface area (Å²) in [7, 11) is 0. The molecule has 0 bridgehead atoms. The Bertz CT molecular complexity index is 1950. The Morgan fingerprint density at radius 3 is 2.30 bits per heavy atom. The molecule has 0 N–H and O–H groups in total. The number of ether oxygens (including phenoxy) is 1. The zero-order chi connectivity index (χ0) is 31.7. The number of carbonyl (C=O) groups is 2. The van der Waals surface area contributed by atoms with Gasteiger partial charge in [-0.1, -0.05) is 35.1 Å². The molecular formula is C34H35ClN4O4S. The molecule has 0 fully saturated rings. The van der Waals surface area contributed by atoms with Gasteiger partial charge in [0, 0.05) is 35.2 Å². The molecule has 5 rings (SSSR count). The zero-order valence-corrected chi connectivity index (χ0v) is 27.3. The Kier molecular flexibility index (Phi) is 9.08. The van der Waals surface area contributed by atoms with E-state index >= 15 is 0 Å². The molecule has 0 spiro atoms. The highest BCUT2D eigenvalue weighted by Crippen LogP contribution is 2.32. The molecule has 0 saturated carbocycles. The van der Waals surface area contributed by atoms with Gasteiger partial charge in [-0.3, -0.25) is 14.2 Å². The molecule has 0 radical (unpaired) electrons. The molecular weight excluding hydrogens is 596 g/mol. The number of allylic oxidation sites excluding steroid dienone is 1. The quantitative estimate of drug-likeness (QED) is 0.246. The number of nitrogens with zero attached hydrogens (tertiary/aromatic N) is 4. The Morgan fingerprint density at radius 2 is 1.68 bits per heavy atom. The second-order valence-electron chi connectivity index (χ2n) is 10.5. The summed E-state index contributed by atoms with van der Waals surface area (Å²) in [5.41, 5.74) is 5.85. The van der Waals surface area contributed by atoms with Crippen molar-refractivity contribution >= 4 is 40.9 Å². The van der Waals surface area contributed by atoms with Crippen LogP contribution >= 0.6 is 22.9 Å². The normalized spacial score (nSPS) is 14.8. The van der Waals surface area contributed by atoms with Crippen molar-refractivity contribution in [1.82, 2.24) is 14.0 Å². The maximum atomic E-state index is 14.1. The van der Waals surface area contributed by atoms with Crippen molar-refractivity contribution in [3.05, 3.63) is 119 Å². The highest BCUT2D eigenvalue weighted by atomic mass is 35.5. The van der Waals surface area contributed by atoms with Crippen LogP contribution < -0.4 is 14.9 Å². The van der Waals surface area contributed by atoms with Gasteiger partial charge in [0.15, 0.2) is 4.80 Å². The summed E-state index contributed by atoms with van der Waals surface area (Å²) in [6.45, 7) is 12.9. The highest BCUT2D eigenvalue weighted by molar-refractivity contribution is 7.07. The van der Waals surface area contributed by atoms with Gasteiger partial charge in [-0.15, -0.1) is 0 Å². The second-order valence-corrected chi connectivity index (χ2v) is 12.0. The van der Waals surface area contributed by atoms with Crippen LogP contribution in [0.2, 0.25) is 5.02 Å². The number of esters is 1. The molecule has 44 heavy (non-hydrogen) atoms. The topological polar surface area (TPSA) is 85.9 Å². The predicted molar refractivity (Wildman–Crippen MR) is 174 cm³/mol. The van der Waals surface area contributed by atoms with E-state index in [1.807, 2.05) is 71.0 Å². The fourth-order valence-corrected chi connectivity index (χ4v) is 6.83. The van der Waals surface area contributed by atoms with Crippen LogP contribution in [0.4, 0.5) is 0 Å². The third kappa shape index (κ3) is 5.69. The fraction of sp³-hybridized carbons (Fsp3) is 0.294. The van der Waals surface area contributed by atoms with E-state index < -0.39 is 6.04 Å². The minimum atomic E-state index is -0.635. The smallest absolute Gasteiger partial charge is 0.338 e. The number of hydrogen-bond acceptors (Lipinski definition) is 6. The molecule has 3 heterocycles. The number of aromatic nitrogens is 2. The van der Waals surface area contributed by atoms with E-state index in [1.165, 1.54) is 11.3 Å². The number of rotatable bonds is 8. The van der Waals surface area contributed by atoms with E-state index in [2.05, 4.69) is 4.57 Å². The number of amides is 1. The predicted octanol–water partition coefficient (Wildman–Crippen LogP) is 5.34. The number of thiazole rings is 1. The Labute approximate surface area is 265 Å². The van der Waals surface area contributed by atoms with Crippen LogP contribution in [0.1, 0.15) is 66.6 Å². The molecule has 4 aromatic rings. The summed E-state index contributed by atoms with van der Waals surface area (Å²) in [5.74, 6) is -0.492. The van der Waals surface area contributed by atoms with Crippen LogP contribution in [0.3, 0.4) is 0 Å². The fourth-order valence-electron chi connectivity index (χ4n) is 5.67. The molecule has 0 saturated heterocycles. The van der Waals surface area contributed by atoms with Gasteiger partial charge >= 0.3 is 5.97 Å². The van der Waals surface area contributed by atoms with Crippen molar-refractivity contribution in [2.75, 3.05) is 19.7 Å². The number of fused-ring (bicyclic) bond motifs is 1. The SMILES string of the molecule is CCOC(=O)c1ccc(-n2c(C)cc(/C=c3/sc4n(c3=O)[C@@H](c3ccc(Cl)cc3)C(C(=O)N(CC)CC)=C(C)N=4)c2C)cc1. The first-order valence-electron chi connectivity index (χ1n) is 14.6. The van der Waals surface area contributed by atoms with Gasteiger partial charge in [-0.2, -0.15) is 0 Å². The molecule has 0 aliphatic carbocycles. The van der Waals surface area contributed by atoms with Gasteiger partial charge in [0.05, 0.1) is 34.0 Å². The van der Waals surface area contributed by atoms with Gasteiger partial charge in [-0.05, 0) is 101 Å². The molecule has 0 unspecified atom stereocenters. The Morgan fingerprint density at radius 1 is 1.02 bits per heavy atom. The average molecular weight is 631 g/mol. The highest BCUT2D eigenvalue weighted by Gasteiger charge is 2.34. The third-order valence-corrected chi connectivity index (χ3v) is 9.12. The van der Waals surface area contributed by atoms with Crippen LogP contribution in [-0.4, -0.2) is 45.6 Å². The minimum absolute atomic E-state index is 0.136. The maximum absolute atomic E-state index is 14.1. The summed E-state index contributed by atoms with van der Waals surface area (Å²) < 4.78 is 9.35. The second kappa shape index (κ2) is 12.8. The summed E-state index contributed by atoms with van der Waals surface area (Å²) in [6, 6.07) is 15.9. The Balaban J connectivity index is 1.62. The van der Waals surface area contributed by atoms with Crippen molar-refractivity contribution in [3.8, 4) is 5.69 Å². The molecule has 1 atom stereocenters. The summed E-state index contributed by atoms with van der Waals surface area (Å²) >= 11 is 7.52. The van der Waals surface area contributed by atoms with Crippen molar-refractivity contribution < 1.29 is 14.3 Å². The van der Waals surface area contributed by atoms with Crippen molar-refractivity contribution in [1.29, 1.82) is 0 Å². The van der Waals surface area contributed by atoms with Gasteiger partial charge in [0.1, 0.15) is 0 Å². The molecule has 8 nitrogen and oxygen atoms in total. The van der Waals surface area contributed by atoms with E-state index in [4.69, 9.17) is 21.3 Å². The maximum Gasteiger partial charge on any atom is 0.338 e. The third-order valence-electron chi connectivity index (χ3n) is 7.88. The Hall–Kier alpha value is -4.21. The molecule has 2 aromatic heterocycles. The van der Waals surface area contributed by atoms with Crippen molar-refractivity contribution in [2.24, 2.45) is 4.99 Å². The van der Waals surface area contributed by atoms with Crippen molar-refractivity contribution in [3.63, 3.8) is 0 Å². The number of halogens is 1. The van der Waals surface area contributed by atoms with E-state index in [0.717, 1.165) is 28.2 Å². The van der Waals surface area contributed by atoms with Gasteiger partial charge in [-0.25, -0.2) is 9.79 Å². The monoisotopic (exact) mass is 630 g/mol. The zero-order valence-electron chi connectivity index (χ0n) is 25.7. The minimum Gasteiger partial charge on any atom is -0.462 e. The number of carbonyl (C=O) groups excluding carboxylic acids is 2. The first-order chi connectivity index (χ1) is 21.1. The van der Waals surface area contributed by atoms with Gasteiger partial charge < -0.3 is 14.2 Å². The van der Waals surface area contributed by atoms with Gasteiger partial charge in [0.25, 0.3) is 11.5 Å². The van der Waals surface area contributed by atoms with E-state index in [0.29, 0.717) is 50.9 Å². The standard InChI is InChI=1S/C34H35ClN4O4S/c1-7-37(8-2)32(41)29-21(5)36-34-39(30(29)23-10-14-26(35)15-11-23)31(40)28(44-34)19-25-18-20(4)38(22(25)6)27-16-12-24(13-17-27)33(42)43-9-3/h10-19,30H,7-9H2,1-6H3/b28-19+/t30-/m0/s1. The molecule has 2 aromatic carbocycles. The first kappa shape index (κ1) is 31.2. The summed E-state index contributed by atoms with van der Waals surface area (Å²) in [4.78, 5) is 47.1. The average Bonchev–Trinajstić information content (AvgIpc) is 3.46. The molecule has 228 valence electrons. The summed E-state index contributed by atoms with van der Waals surface area (Å²) in [5, 5.41) is 0.573. The number of benzene rings is 2. The molecule has 1 amide bonds. The number of hydrogen-bond donors (Lipinski definition) is 0. The molecule has 1 aliphatic heterocycles. The lowest BCUT2D eigenvalue weighted by molar-refractivity contribution is -0.127.